The van der Waals surface area contributed by atoms with E-state index in [1.165, 1.54) is 24.2 Å². The van der Waals surface area contributed by atoms with Crippen molar-refractivity contribution >= 4 is 41.2 Å². The van der Waals surface area contributed by atoms with Gasteiger partial charge in [-0.25, -0.2) is 13.5 Å². The van der Waals surface area contributed by atoms with Gasteiger partial charge in [0.25, 0.3) is 12.3 Å². The minimum Gasteiger partial charge on any atom is -0.377 e. The largest absolute Gasteiger partial charge is 0.377 e. The zero-order valence-electron chi connectivity index (χ0n) is 14.8. The lowest BCUT2D eigenvalue weighted by Crippen LogP contribution is -2.55. The first kappa shape index (κ1) is 19.4. The van der Waals surface area contributed by atoms with Crippen LogP contribution in [-0.2, 0) is 11.3 Å². The number of alkyl halides is 2. The zero-order valence-corrected chi connectivity index (χ0v) is 16.4. The lowest BCUT2D eigenvalue weighted by molar-refractivity contribution is -0.0510. The highest BCUT2D eigenvalue weighted by molar-refractivity contribution is 7.97. The van der Waals surface area contributed by atoms with Gasteiger partial charge >= 0.3 is 0 Å². The van der Waals surface area contributed by atoms with Gasteiger partial charge in [-0.2, -0.15) is 0 Å². The Bertz CT molecular complexity index is 959. The van der Waals surface area contributed by atoms with E-state index in [-0.39, 0.29) is 16.9 Å². The molecule has 1 fully saturated rings. The number of anilines is 1. The summed E-state index contributed by atoms with van der Waals surface area (Å²) in [5, 5.41) is 2.96. The summed E-state index contributed by atoms with van der Waals surface area (Å²) in [6.45, 7) is 3.76. The number of aromatic nitrogens is 2. The summed E-state index contributed by atoms with van der Waals surface area (Å²) in [5.41, 5.74) is 0.813. The molecule has 0 aromatic carbocycles. The first-order valence-electron chi connectivity index (χ1n) is 8.54. The number of nitrogens with zero attached hydrogens (tertiary/aromatic N) is 2. The van der Waals surface area contributed by atoms with Crippen LogP contribution in [0.25, 0.3) is 6.08 Å². The number of fused-ring (bicyclic) bond motifs is 1. The van der Waals surface area contributed by atoms with Crippen LogP contribution in [0.1, 0.15) is 35.2 Å². The Morgan fingerprint density at radius 2 is 2.25 bits per heavy atom. The third kappa shape index (κ3) is 3.55. The lowest BCUT2D eigenvalue weighted by atomic mass is 10.0. The van der Waals surface area contributed by atoms with Crippen molar-refractivity contribution in [1.82, 2.24) is 14.3 Å². The Morgan fingerprint density at radius 3 is 2.93 bits per heavy atom. The van der Waals surface area contributed by atoms with Crippen molar-refractivity contribution in [2.24, 2.45) is 0 Å². The van der Waals surface area contributed by atoms with E-state index >= 15 is 0 Å². The monoisotopic (exact) mass is 426 g/mol. The maximum Gasteiger partial charge on any atom is 0.280 e. The number of rotatable bonds is 6. The van der Waals surface area contributed by atoms with Gasteiger partial charge in [-0.1, -0.05) is 17.7 Å². The molecule has 0 atom stereocenters. The molecule has 2 N–H and O–H groups in total. The summed E-state index contributed by atoms with van der Waals surface area (Å²) in [5.74, 6) is -0.466. The normalized spacial score (nSPS) is 16.9. The molecule has 0 bridgehead atoms. The standard InChI is InChI=1S/C18H17ClF2N4O2S/c1-18(8-27-9-18)24-28-15-12-3-2-6-25(12)14(13(15)19)17(26)23-10-4-5-22-11(7-10)16(20)21/h2-5,7,16,24H,6,8-9H2,1H3,(H,22,23,26). The Hall–Kier alpha value is -1.94. The summed E-state index contributed by atoms with van der Waals surface area (Å²) in [6.07, 6.45) is 2.36. The van der Waals surface area contributed by atoms with E-state index in [0.29, 0.717) is 24.8 Å². The van der Waals surface area contributed by atoms with Crippen LogP contribution in [0.2, 0.25) is 5.02 Å². The molecule has 0 spiro atoms. The SMILES string of the molecule is CC1(NSc2c(Cl)c(C(=O)Nc3ccnc(C(F)F)c3)n3c2C=CC3)COC1. The van der Waals surface area contributed by atoms with Gasteiger partial charge < -0.3 is 14.6 Å². The number of carbonyl (C=O) groups excluding carboxylic acids is 1. The molecule has 0 saturated carbocycles. The predicted molar refractivity (Wildman–Crippen MR) is 104 cm³/mol. The number of carbonyl (C=O) groups is 1. The fourth-order valence-electron chi connectivity index (χ4n) is 3.00. The summed E-state index contributed by atoms with van der Waals surface area (Å²) in [7, 11) is 0. The number of amides is 1. The van der Waals surface area contributed by atoms with Crippen molar-refractivity contribution in [3.05, 3.63) is 46.5 Å². The first-order chi connectivity index (χ1) is 13.4. The number of hydrogen-bond acceptors (Lipinski definition) is 5. The van der Waals surface area contributed by atoms with E-state index in [2.05, 4.69) is 15.0 Å². The maximum absolute atomic E-state index is 12.9. The fraction of sp³-hybridized carbons (Fsp3) is 0.333. The van der Waals surface area contributed by atoms with Gasteiger partial charge in [-0.3, -0.25) is 9.78 Å². The number of halogens is 3. The van der Waals surface area contributed by atoms with Crippen LogP contribution in [0.5, 0.6) is 0 Å². The van der Waals surface area contributed by atoms with Crippen LogP contribution in [0.3, 0.4) is 0 Å². The summed E-state index contributed by atoms with van der Waals surface area (Å²) >= 11 is 7.90. The number of ether oxygens (including phenoxy) is 1. The third-order valence-corrected chi connectivity index (χ3v) is 6.17. The molecular formula is C18H17ClF2N4O2S. The van der Waals surface area contributed by atoms with Crippen LogP contribution in [-0.4, -0.2) is 34.2 Å². The molecule has 2 aromatic rings. The average Bonchev–Trinajstić information content (AvgIpc) is 3.18. The number of pyridine rings is 1. The van der Waals surface area contributed by atoms with E-state index in [1.807, 2.05) is 19.1 Å². The summed E-state index contributed by atoms with van der Waals surface area (Å²) in [6, 6.07) is 2.61. The van der Waals surface area contributed by atoms with Crippen molar-refractivity contribution in [1.29, 1.82) is 0 Å². The van der Waals surface area contributed by atoms with Gasteiger partial charge in [-0.05, 0) is 37.1 Å². The first-order valence-corrected chi connectivity index (χ1v) is 9.73. The molecule has 148 valence electrons. The Balaban J connectivity index is 1.58. The molecule has 0 aliphatic carbocycles. The highest BCUT2D eigenvalue weighted by Crippen LogP contribution is 2.39. The molecule has 1 saturated heterocycles. The van der Waals surface area contributed by atoms with Crippen molar-refractivity contribution in [2.75, 3.05) is 18.5 Å². The molecule has 4 rings (SSSR count). The lowest BCUT2D eigenvalue weighted by Gasteiger charge is -2.38. The van der Waals surface area contributed by atoms with E-state index in [4.69, 9.17) is 16.3 Å². The van der Waals surface area contributed by atoms with Crippen molar-refractivity contribution in [3.8, 4) is 0 Å². The number of nitrogens with one attached hydrogen (secondary N) is 2. The molecule has 6 nitrogen and oxygen atoms in total. The van der Waals surface area contributed by atoms with Gasteiger partial charge in [0.15, 0.2) is 0 Å². The minimum absolute atomic E-state index is 0.143. The smallest absolute Gasteiger partial charge is 0.280 e. The van der Waals surface area contributed by atoms with Crippen LogP contribution in [0, 0.1) is 0 Å². The summed E-state index contributed by atoms with van der Waals surface area (Å²) in [4.78, 5) is 17.2. The molecule has 0 unspecified atom stereocenters. The molecule has 2 aromatic heterocycles. The number of allylic oxidation sites excluding steroid dienone is 1. The molecule has 28 heavy (non-hydrogen) atoms. The fourth-order valence-corrected chi connectivity index (χ4v) is 4.34. The predicted octanol–water partition coefficient (Wildman–Crippen LogP) is 4.14. The summed E-state index contributed by atoms with van der Waals surface area (Å²) < 4.78 is 36.1. The molecule has 10 heteroatoms. The quantitative estimate of drug-likeness (QED) is 0.679. The Kier molecular flexibility index (Phi) is 5.17. The van der Waals surface area contributed by atoms with Crippen molar-refractivity contribution in [3.63, 3.8) is 0 Å². The van der Waals surface area contributed by atoms with Gasteiger partial charge in [0.05, 0.1) is 34.4 Å². The molecule has 4 heterocycles. The Labute approximate surface area is 169 Å². The highest BCUT2D eigenvalue weighted by atomic mass is 35.5. The minimum atomic E-state index is -2.71. The van der Waals surface area contributed by atoms with Gasteiger partial charge in [0.1, 0.15) is 11.4 Å². The van der Waals surface area contributed by atoms with Crippen molar-refractivity contribution < 1.29 is 18.3 Å². The molecule has 2 aliphatic heterocycles. The van der Waals surface area contributed by atoms with Crippen LogP contribution < -0.4 is 10.0 Å². The maximum atomic E-state index is 12.9. The van der Waals surface area contributed by atoms with E-state index < -0.39 is 18.0 Å². The molecular weight excluding hydrogens is 410 g/mol. The van der Waals surface area contributed by atoms with Crippen molar-refractivity contribution in [2.45, 2.75) is 30.3 Å². The van der Waals surface area contributed by atoms with Gasteiger partial charge in [-0.15, -0.1) is 0 Å². The second-order valence-electron chi connectivity index (χ2n) is 6.87. The topological polar surface area (TPSA) is 68.2 Å². The average molecular weight is 427 g/mol. The van der Waals surface area contributed by atoms with Crippen LogP contribution >= 0.6 is 23.5 Å². The van der Waals surface area contributed by atoms with Gasteiger partial charge in [0, 0.05) is 18.4 Å². The second kappa shape index (κ2) is 7.47. The Morgan fingerprint density at radius 1 is 1.46 bits per heavy atom. The van der Waals surface area contributed by atoms with Crippen LogP contribution in [0.15, 0.2) is 29.3 Å². The molecule has 1 amide bonds. The molecule has 0 radical (unpaired) electrons. The second-order valence-corrected chi connectivity index (χ2v) is 8.07. The third-order valence-electron chi connectivity index (χ3n) is 4.48. The van der Waals surface area contributed by atoms with E-state index in [9.17, 15) is 13.6 Å². The number of hydrogen-bond donors (Lipinski definition) is 2. The molecule has 2 aliphatic rings. The van der Waals surface area contributed by atoms with Gasteiger partial charge in [0.2, 0.25) is 0 Å². The van der Waals surface area contributed by atoms with E-state index in [0.717, 1.165) is 16.7 Å². The van der Waals surface area contributed by atoms with E-state index in [1.54, 1.807) is 4.57 Å². The highest BCUT2D eigenvalue weighted by Gasteiger charge is 2.35. The van der Waals surface area contributed by atoms with Crippen LogP contribution in [0.4, 0.5) is 14.5 Å². The zero-order chi connectivity index (χ0) is 19.9.